The summed E-state index contributed by atoms with van der Waals surface area (Å²) < 4.78 is 21.8. The average Bonchev–Trinajstić information content (AvgIpc) is 2.16. The maximum absolute atomic E-state index is 10.9. The Morgan fingerprint density at radius 1 is 1.27 bits per heavy atom. The Bertz CT molecular complexity index is 516. The molecule has 1 atom stereocenters. The molecule has 0 N–H and O–H groups in total. The summed E-state index contributed by atoms with van der Waals surface area (Å²) in [7, 11) is 0. The Balaban J connectivity index is 0.00000112. The molecule has 0 aliphatic carbocycles. The van der Waals surface area contributed by atoms with Crippen LogP contribution in [0.2, 0.25) is 0 Å². The van der Waals surface area contributed by atoms with Gasteiger partial charge in [0.1, 0.15) is 0 Å². The van der Waals surface area contributed by atoms with Crippen molar-refractivity contribution in [3.63, 3.8) is 0 Å². The second kappa shape index (κ2) is 5.18. The van der Waals surface area contributed by atoms with Crippen LogP contribution in [0.3, 0.4) is 0 Å². The van der Waals surface area contributed by atoms with Crippen LogP contribution in [-0.4, -0.2) is 13.7 Å². The minimum atomic E-state index is -2.22. The van der Waals surface area contributed by atoms with Gasteiger partial charge in [0.05, 0.1) is 10.4 Å². The second-order valence-electron chi connectivity index (χ2n) is 3.02. The van der Waals surface area contributed by atoms with Crippen molar-refractivity contribution in [3.05, 3.63) is 36.0 Å². The zero-order valence-corrected chi connectivity index (χ0v) is 11.4. The van der Waals surface area contributed by atoms with E-state index in [-0.39, 0.29) is 34.5 Å². The van der Waals surface area contributed by atoms with E-state index in [4.69, 9.17) is 0 Å². The molecule has 5 heteroatoms. The van der Waals surface area contributed by atoms with Gasteiger partial charge in [-0.2, -0.15) is 0 Å². The quantitative estimate of drug-likeness (QED) is 0.455. The van der Waals surface area contributed by atoms with E-state index < -0.39 is 11.1 Å². The van der Waals surface area contributed by atoms with Crippen LogP contribution in [-0.2, 0) is 11.1 Å². The van der Waals surface area contributed by atoms with Crippen LogP contribution in [0.25, 0.3) is 10.9 Å². The summed E-state index contributed by atoms with van der Waals surface area (Å²) in [5.41, 5.74) is 1.36. The first-order chi connectivity index (χ1) is 6.68. The first-order valence-electron chi connectivity index (χ1n) is 4.14. The molecule has 0 aliphatic rings. The van der Waals surface area contributed by atoms with Gasteiger partial charge in [-0.05, 0) is 30.1 Å². The number of rotatable bonds is 1. The van der Waals surface area contributed by atoms with Gasteiger partial charge < -0.3 is 4.55 Å². The molecule has 0 aliphatic heterocycles. The molecule has 1 aromatic carbocycles. The number of fused-ring (bicyclic) bond motifs is 1. The van der Waals surface area contributed by atoms with Crippen LogP contribution in [0.15, 0.2) is 35.2 Å². The van der Waals surface area contributed by atoms with Gasteiger partial charge in [-0.25, -0.2) is 0 Å². The number of pyridine rings is 1. The predicted molar refractivity (Wildman–Crippen MR) is 53.7 cm³/mol. The van der Waals surface area contributed by atoms with Crippen molar-refractivity contribution in [1.82, 2.24) is 4.98 Å². The monoisotopic (exact) mass is 229 g/mol. The van der Waals surface area contributed by atoms with E-state index >= 15 is 0 Å². The largest absolute Gasteiger partial charge is 1.00 e. The normalized spacial score (nSPS) is 12.1. The molecule has 0 radical (unpaired) electrons. The topological polar surface area (TPSA) is 53.0 Å². The van der Waals surface area contributed by atoms with Crippen molar-refractivity contribution in [2.24, 2.45) is 0 Å². The van der Waals surface area contributed by atoms with Crippen molar-refractivity contribution in [1.29, 1.82) is 0 Å². The maximum atomic E-state index is 10.9. The Labute approximate surface area is 112 Å². The molecule has 0 saturated carbocycles. The molecule has 2 aromatic rings. The standard InChI is InChI=1S/C10H9NO2S.Na/c1-7-5-6-8-3-2-4-9(14(12)13)10(8)11-7;/h2-6H,1H3,(H,12,13);/q;+1/p-1. The van der Waals surface area contributed by atoms with Gasteiger partial charge in [0.25, 0.3) is 0 Å². The molecular formula is C10H8NNaO2S. The van der Waals surface area contributed by atoms with Crippen molar-refractivity contribution in [3.8, 4) is 0 Å². The Hall–Kier alpha value is -0.260. The van der Waals surface area contributed by atoms with Crippen molar-refractivity contribution < 1.29 is 38.3 Å². The first-order valence-corrected chi connectivity index (χ1v) is 5.21. The number of aryl methyl sites for hydroxylation is 1. The third-order valence-corrected chi connectivity index (χ3v) is 2.69. The van der Waals surface area contributed by atoms with Crippen LogP contribution in [0.5, 0.6) is 0 Å². The summed E-state index contributed by atoms with van der Waals surface area (Å²) in [5.74, 6) is 0. The van der Waals surface area contributed by atoms with E-state index in [1.54, 1.807) is 12.1 Å². The molecule has 0 amide bonds. The molecule has 15 heavy (non-hydrogen) atoms. The predicted octanol–water partition coefficient (Wildman–Crippen LogP) is -1.21. The summed E-state index contributed by atoms with van der Waals surface area (Å²) in [6.45, 7) is 1.84. The molecule has 3 nitrogen and oxygen atoms in total. The number of hydrogen-bond acceptors (Lipinski definition) is 3. The molecule has 1 unspecified atom stereocenters. The molecule has 72 valence electrons. The van der Waals surface area contributed by atoms with Crippen LogP contribution >= 0.6 is 0 Å². The molecule has 1 heterocycles. The number of benzene rings is 1. The fraction of sp³-hybridized carbons (Fsp3) is 0.100. The van der Waals surface area contributed by atoms with Crippen molar-refractivity contribution in [2.75, 3.05) is 0 Å². The van der Waals surface area contributed by atoms with E-state index in [0.29, 0.717) is 5.52 Å². The molecule has 0 fully saturated rings. The first kappa shape index (κ1) is 12.8. The van der Waals surface area contributed by atoms with Crippen LogP contribution in [0, 0.1) is 6.92 Å². The molecular weight excluding hydrogens is 221 g/mol. The molecule has 0 saturated heterocycles. The summed E-state index contributed by atoms with van der Waals surface area (Å²) in [6.07, 6.45) is 0. The number of aromatic nitrogens is 1. The van der Waals surface area contributed by atoms with Gasteiger partial charge in [0, 0.05) is 11.1 Å². The van der Waals surface area contributed by atoms with Gasteiger partial charge in [-0.3, -0.25) is 9.19 Å². The van der Waals surface area contributed by atoms with Gasteiger partial charge in [-0.1, -0.05) is 18.2 Å². The SMILES string of the molecule is Cc1ccc2cccc(S(=O)[O-])c2n1.[Na+]. The van der Waals surface area contributed by atoms with Crippen LogP contribution in [0.4, 0.5) is 0 Å². The zero-order valence-electron chi connectivity index (χ0n) is 8.56. The molecule has 0 spiro atoms. The zero-order chi connectivity index (χ0) is 10.1. The minimum absolute atomic E-state index is 0. The number of nitrogens with zero attached hydrogens (tertiary/aromatic N) is 1. The smallest absolute Gasteiger partial charge is 0.768 e. The fourth-order valence-corrected chi connectivity index (χ4v) is 1.86. The molecule has 1 aromatic heterocycles. The summed E-state index contributed by atoms with van der Waals surface area (Å²) in [6, 6.07) is 8.84. The Kier molecular flexibility index (Phi) is 4.43. The van der Waals surface area contributed by atoms with Crippen molar-refractivity contribution >= 4 is 22.0 Å². The molecule has 0 bridgehead atoms. The van der Waals surface area contributed by atoms with Crippen LogP contribution < -0.4 is 29.6 Å². The fourth-order valence-electron chi connectivity index (χ4n) is 1.35. The van der Waals surface area contributed by atoms with Gasteiger partial charge in [0.2, 0.25) is 0 Å². The van der Waals surface area contributed by atoms with E-state index in [9.17, 15) is 8.76 Å². The van der Waals surface area contributed by atoms with Gasteiger partial charge >= 0.3 is 29.6 Å². The van der Waals surface area contributed by atoms with Crippen molar-refractivity contribution in [2.45, 2.75) is 11.8 Å². The summed E-state index contributed by atoms with van der Waals surface area (Å²) in [5, 5.41) is 0.845. The van der Waals surface area contributed by atoms with E-state index in [1.165, 1.54) is 0 Å². The van der Waals surface area contributed by atoms with E-state index in [0.717, 1.165) is 11.1 Å². The summed E-state index contributed by atoms with van der Waals surface area (Å²) in [4.78, 5) is 4.46. The van der Waals surface area contributed by atoms with E-state index in [1.807, 2.05) is 25.1 Å². The number of hydrogen-bond donors (Lipinski definition) is 0. The number of para-hydroxylation sites is 1. The minimum Gasteiger partial charge on any atom is -0.768 e. The third-order valence-electron chi connectivity index (χ3n) is 2.00. The Morgan fingerprint density at radius 3 is 2.67 bits per heavy atom. The second-order valence-corrected chi connectivity index (χ2v) is 3.92. The van der Waals surface area contributed by atoms with Gasteiger partial charge in [0.15, 0.2) is 0 Å². The van der Waals surface area contributed by atoms with E-state index in [2.05, 4.69) is 4.98 Å². The average molecular weight is 229 g/mol. The van der Waals surface area contributed by atoms with Crippen LogP contribution in [0.1, 0.15) is 5.69 Å². The maximum Gasteiger partial charge on any atom is 1.00 e. The Morgan fingerprint density at radius 2 is 2.00 bits per heavy atom. The van der Waals surface area contributed by atoms with Gasteiger partial charge in [-0.15, -0.1) is 0 Å². The molecule has 2 rings (SSSR count). The third kappa shape index (κ3) is 2.65. The summed E-state index contributed by atoms with van der Waals surface area (Å²) >= 11 is -2.22.